The lowest BCUT2D eigenvalue weighted by molar-refractivity contribution is -0.132. The molecule has 4 unspecified atom stereocenters. The molecule has 8 heteroatoms. The molecule has 0 spiro atoms. The summed E-state index contributed by atoms with van der Waals surface area (Å²) in [4.78, 5) is 15.0. The standard InChI is InChI=1S/C19H30N6O2/c26-12-13-5-7-14(8-6-13)21-17-16-15(11-20-24-18(16)27)22-19(23-17)25-9-3-1-2-4-10-25/h5-8,15-17,19-23,26H,1-4,9-12H2,(H,24,27). The highest BCUT2D eigenvalue weighted by Gasteiger charge is 2.44. The highest BCUT2D eigenvalue weighted by Crippen LogP contribution is 2.23. The fourth-order valence-corrected chi connectivity index (χ4v) is 4.29. The van der Waals surface area contributed by atoms with E-state index < -0.39 is 0 Å². The minimum absolute atomic E-state index is 0.00922. The summed E-state index contributed by atoms with van der Waals surface area (Å²) in [5.41, 5.74) is 7.58. The zero-order chi connectivity index (χ0) is 18.6. The molecule has 0 radical (unpaired) electrons. The van der Waals surface area contributed by atoms with Crippen molar-refractivity contribution in [3.05, 3.63) is 29.8 Å². The molecule has 3 heterocycles. The van der Waals surface area contributed by atoms with Crippen LogP contribution in [-0.2, 0) is 11.4 Å². The summed E-state index contributed by atoms with van der Waals surface area (Å²) in [7, 11) is 0. The monoisotopic (exact) mass is 374 g/mol. The van der Waals surface area contributed by atoms with E-state index in [1.54, 1.807) is 0 Å². The number of amides is 1. The lowest BCUT2D eigenvalue weighted by atomic mass is 9.91. The maximum atomic E-state index is 12.5. The van der Waals surface area contributed by atoms with Gasteiger partial charge in [0.2, 0.25) is 5.91 Å². The van der Waals surface area contributed by atoms with Gasteiger partial charge in [0.05, 0.1) is 18.7 Å². The molecule has 1 amide bonds. The van der Waals surface area contributed by atoms with E-state index in [4.69, 9.17) is 0 Å². The van der Waals surface area contributed by atoms with Crippen LogP contribution in [-0.4, -0.2) is 54.0 Å². The van der Waals surface area contributed by atoms with Crippen LogP contribution in [0.5, 0.6) is 0 Å². The SMILES string of the molecule is O=C1NNCC2NC(N3CCCCCC3)NC(Nc3ccc(CO)cc3)C12. The first kappa shape index (κ1) is 18.6. The molecule has 1 aromatic rings. The molecular weight excluding hydrogens is 344 g/mol. The van der Waals surface area contributed by atoms with Crippen molar-refractivity contribution in [1.82, 2.24) is 26.4 Å². The predicted octanol–water partition coefficient (Wildman–Crippen LogP) is -0.111. The number of aliphatic hydroxyl groups excluding tert-OH is 1. The topological polar surface area (TPSA) is 101 Å². The van der Waals surface area contributed by atoms with E-state index in [1.165, 1.54) is 25.7 Å². The summed E-state index contributed by atoms with van der Waals surface area (Å²) in [6.07, 6.45) is 4.88. The van der Waals surface area contributed by atoms with Crippen molar-refractivity contribution in [2.24, 2.45) is 5.92 Å². The van der Waals surface area contributed by atoms with E-state index in [1.807, 2.05) is 24.3 Å². The summed E-state index contributed by atoms with van der Waals surface area (Å²) in [5.74, 6) is -0.225. The van der Waals surface area contributed by atoms with Gasteiger partial charge < -0.3 is 10.4 Å². The van der Waals surface area contributed by atoms with Gasteiger partial charge in [-0.15, -0.1) is 0 Å². The van der Waals surface area contributed by atoms with Gasteiger partial charge in [0.1, 0.15) is 6.29 Å². The van der Waals surface area contributed by atoms with Crippen LogP contribution >= 0.6 is 0 Å². The Morgan fingerprint density at radius 1 is 1.07 bits per heavy atom. The first-order chi connectivity index (χ1) is 13.2. The summed E-state index contributed by atoms with van der Waals surface area (Å²) < 4.78 is 0. The molecule has 0 aromatic heterocycles. The average molecular weight is 374 g/mol. The molecule has 27 heavy (non-hydrogen) atoms. The van der Waals surface area contributed by atoms with Gasteiger partial charge in [-0.25, -0.2) is 5.43 Å². The van der Waals surface area contributed by atoms with E-state index in [0.717, 1.165) is 24.3 Å². The Labute approximate surface area is 160 Å². The fourth-order valence-electron chi connectivity index (χ4n) is 4.29. The Kier molecular flexibility index (Phi) is 5.89. The summed E-state index contributed by atoms with van der Waals surface area (Å²) in [5, 5.41) is 20.0. The molecule has 3 saturated heterocycles. The quantitative estimate of drug-likeness (QED) is 0.437. The van der Waals surface area contributed by atoms with Crippen molar-refractivity contribution < 1.29 is 9.90 Å². The largest absolute Gasteiger partial charge is 0.392 e. The van der Waals surface area contributed by atoms with E-state index in [0.29, 0.717) is 6.54 Å². The highest BCUT2D eigenvalue weighted by atomic mass is 16.3. The van der Waals surface area contributed by atoms with Crippen molar-refractivity contribution in [3.63, 3.8) is 0 Å². The Bertz CT molecular complexity index is 632. The van der Waals surface area contributed by atoms with Crippen molar-refractivity contribution in [3.8, 4) is 0 Å². The normalized spacial score (nSPS) is 32.3. The second kappa shape index (κ2) is 8.53. The lowest BCUT2D eigenvalue weighted by Crippen LogP contribution is -2.76. The van der Waals surface area contributed by atoms with E-state index in [9.17, 15) is 9.90 Å². The van der Waals surface area contributed by atoms with Gasteiger partial charge >= 0.3 is 0 Å². The van der Waals surface area contributed by atoms with Crippen LogP contribution in [0, 0.1) is 5.92 Å². The zero-order valence-corrected chi connectivity index (χ0v) is 15.6. The number of rotatable bonds is 4. The van der Waals surface area contributed by atoms with E-state index in [-0.39, 0.29) is 36.9 Å². The second-order valence-corrected chi connectivity index (χ2v) is 7.67. The number of hydrogen-bond acceptors (Lipinski definition) is 7. The Balaban J connectivity index is 1.52. The molecule has 4 atom stereocenters. The second-order valence-electron chi connectivity index (χ2n) is 7.67. The number of hydrazine groups is 1. The van der Waals surface area contributed by atoms with Crippen LogP contribution in [0.2, 0.25) is 0 Å². The van der Waals surface area contributed by atoms with E-state index in [2.05, 4.69) is 31.7 Å². The number of likely N-dealkylation sites (tertiary alicyclic amines) is 1. The number of nitrogens with zero attached hydrogens (tertiary/aromatic N) is 1. The van der Waals surface area contributed by atoms with Gasteiger partial charge in [0.15, 0.2) is 0 Å². The number of aliphatic hydroxyl groups is 1. The first-order valence-electron chi connectivity index (χ1n) is 10.00. The molecule has 148 valence electrons. The number of carbonyl (C=O) groups excluding carboxylic acids is 1. The van der Waals surface area contributed by atoms with Crippen molar-refractivity contribution in [2.75, 3.05) is 25.0 Å². The van der Waals surface area contributed by atoms with Crippen LogP contribution in [0.25, 0.3) is 0 Å². The molecule has 6 N–H and O–H groups in total. The summed E-state index contributed by atoms with van der Waals surface area (Å²) in [6.45, 7) is 2.87. The summed E-state index contributed by atoms with van der Waals surface area (Å²) >= 11 is 0. The molecular formula is C19H30N6O2. The Morgan fingerprint density at radius 3 is 2.52 bits per heavy atom. The molecule has 3 fully saturated rings. The van der Waals surface area contributed by atoms with Crippen LogP contribution < -0.4 is 26.8 Å². The molecule has 0 saturated carbocycles. The molecule has 3 aliphatic rings. The van der Waals surface area contributed by atoms with Gasteiger partial charge in [0, 0.05) is 31.4 Å². The smallest absolute Gasteiger partial charge is 0.242 e. The maximum Gasteiger partial charge on any atom is 0.242 e. The minimum atomic E-state index is -0.216. The maximum absolute atomic E-state index is 12.5. The molecule has 4 rings (SSSR count). The third kappa shape index (κ3) is 4.25. The number of nitrogens with one attached hydrogen (secondary N) is 5. The molecule has 1 aromatic carbocycles. The van der Waals surface area contributed by atoms with Crippen molar-refractivity contribution in [2.45, 2.75) is 50.8 Å². The Hall–Kier alpha value is -1.71. The van der Waals surface area contributed by atoms with Crippen molar-refractivity contribution >= 4 is 11.6 Å². The highest BCUT2D eigenvalue weighted by molar-refractivity contribution is 5.81. The fraction of sp³-hybridized carbons (Fsp3) is 0.632. The number of fused-ring (bicyclic) bond motifs is 1. The third-order valence-corrected chi connectivity index (χ3v) is 5.80. The molecule has 8 nitrogen and oxygen atoms in total. The average Bonchev–Trinajstić information content (AvgIpc) is 2.98. The van der Waals surface area contributed by atoms with Crippen LogP contribution in [0.4, 0.5) is 5.69 Å². The minimum Gasteiger partial charge on any atom is -0.392 e. The van der Waals surface area contributed by atoms with Crippen LogP contribution in [0.15, 0.2) is 24.3 Å². The number of hydrogen-bond donors (Lipinski definition) is 6. The molecule has 0 bridgehead atoms. The predicted molar refractivity (Wildman–Crippen MR) is 103 cm³/mol. The van der Waals surface area contributed by atoms with Gasteiger partial charge in [-0.05, 0) is 30.5 Å². The van der Waals surface area contributed by atoms with Crippen LogP contribution in [0.1, 0.15) is 31.2 Å². The molecule has 0 aliphatic carbocycles. The Morgan fingerprint density at radius 2 is 1.81 bits per heavy atom. The number of carbonyl (C=O) groups is 1. The molecule has 3 aliphatic heterocycles. The lowest BCUT2D eigenvalue weighted by Gasteiger charge is -2.48. The van der Waals surface area contributed by atoms with Gasteiger partial charge in [-0.2, -0.15) is 0 Å². The van der Waals surface area contributed by atoms with Gasteiger partial charge in [-0.3, -0.25) is 25.8 Å². The third-order valence-electron chi connectivity index (χ3n) is 5.80. The number of anilines is 1. The van der Waals surface area contributed by atoms with Gasteiger partial charge in [0.25, 0.3) is 0 Å². The van der Waals surface area contributed by atoms with Gasteiger partial charge in [-0.1, -0.05) is 25.0 Å². The summed E-state index contributed by atoms with van der Waals surface area (Å²) in [6, 6.07) is 7.75. The van der Waals surface area contributed by atoms with Crippen molar-refractivity contribution in [1.29, 1.82) is 0 Å². The van der Waals surface area contributed by atoms with E-state index >= 15 is 0 Å². The zero-order valence-electron chi connectivity index (χ0n) is 15.6. The van der Waals surface area contributed by atoms with Crippen LogP contribution in [0.3, 0.4) is 0 Å². The first-order valence-corrected chi connectivity index (χ1v) is 10.00. The number of benzene rings is 1.